The maximum atomic E-state index is 12.3. The number of hydrogen-bond donors (Lipinski definition) is 3. The van der Waals surface area contributed by atoms with E-state index in [-0.39, 0.29) is 18.3 Å². The third-order valence-corrected chi connectivity index (χ3v) is 4.91. The maximum Gasteiger partial charge on any atom is 0.306 e. The van der Waals surface area contributed by atoms with E-state index in [1.165, 1.54) is 0 Å². The van der Waals surface area contributed by atoms with Gasteiger partial charge in [0.15, 0.2) is 0 Å². The number of carbonyl (C=O) groups is 1. The molecule has 0 bridgehead atoms. The van der Waals surface area contributed by atoms with Gasteiger partial charge in [-0.15, -0.1) is 0 Å². The molecule has 0 heterocycles. The van der Waals surface area contributed by atoms with Crippen LogP contribution in [0.1, 0.15) is 36.0 Å². The minimum atomic E-state index is -0.271. The number of carbonyl (C=O) groups excluding carboxylic acids is 1. The fourth-order valence-corrected chi connectivity index (χ4v) is 3.43. The van der Waals surface area contributed by atoms with Crippen LogP contribution in [0, 0.1) is 0 Å². The number of halogens is 1. The van der Waals surface area contributed by atoms with Crippen LogP contribution in [0.3, 0.4) is 0 Å². The third-order valence-electron chi connectivity index (χ3n) is 4.54. The molecule has 7 heteroatoms. The first-order valence-corrected chi connectivity index (χ1v) is 9.56. The van der Waals surface area contributed by atoms with E-state index >= 15 is 0 Å². The molecule has 0 aromatic heterocycles. The Hall–Kier alpha value is -2.44. The number of nitrogen functional groups attached to an aromatic ring is 1. The Labute approximate surface area is 171 Å². The minimum absolute atomic E-state index is 0.190. The first-order chi connectivity index (χ1) is 13.4. The maximum absolute atomic E-state index is 12.3. The highest BCUT2D eigenvalue weighted by atomic mass is 35.5. The van der Waals surface area contributed by atoms with Crippen molar-refractivity contribution in [3.63, 3.8) is 0 Å². The lowest BCUT2D eigenvalue weighted by atomic mass is 9.87. The van der Waals surface area contributed by atoms with E-state index in [1.807, 2.05) is 37.4 Å². The molecule has 0 aliphatic heterocycles. The molecule has 0 aliphatic carbocycles. The summed E-state index contributed by atoms with van der Waals surface area (Å²) in [5, 5.41) is 6.83. The lowest BCUT2D eigenvalue weighted by molar-refractivity contribution is -0.143. The van der Waals surface area contributed by atoms with Gasteiger partial charge in [-0.1, -0.05) is 23.7 Å². The monoisotopic (exact) mass is 405 g/mol. The van der Waals surface area contributed by atoms with Crippen LogP contribution in [0.25, 0.3) is 0 Å². The second-order valence-electron chi connectivity index (χ2n) is 6.38. The number of benzene rings is 2. The van der Waals surface area contributed by atoms with Crippen molar-refractivity contribution in [2.45, 2.75) is 25.8 Å². The summed E-state index contributed by atoms with van der Waals surface area (Å²) < 4.78 is 10.7. The Bertz CT molecular complexity index is 827. The van der Waals surface area contributed by atoms with E-state index in [1.54, 1.807) is 21.1 Å². The zero-order valence-corrected chi connectivity index (χ0v) is 17.5. The van der Waals surface area contributed by atoms with E-state index in [2.05, 4.69) is 10.6 Å². The Morgan fingerprint density at radius 3 is 2.57 bits per heavy atom. The van der Waals surface area contributed by atoms with E-state index in [4.69, 9.17) is 26.8 Å². The van der Waals surface area contributed by atoms with Crippen molar-refractivity contribution >= 4 is 28.9 Å². The van der Waals surface area contributed by atoms with Gasteiger partial charge in [-0.25, -0.2) is 0 Å². The Morgan fingerprint density at radius 2 is 1.96 bits per heavy atom. The summed E-state index contributed by atoms with van der Waals surface area (Å²) in [6, 6.07) is 9.56. The largest absolute Gasteiger partial charge is 0.494 e. The van der Waals surface area contributed by atoms with Crippen molar-refractivity contribution in [2.24, 2.45) is 0 Å². The lowest BCUT2D eigenvalue weighted by Crippen LogP contribution is -2.13. The molecule has 0 aliphatic rings. The van der Waals surface area contributed by atoms with Gasteiger partial charge in [0.1, 0.15) is 5.75 Å². The average Bonchev–Trinajstić information content (AvgIpc) is 2.67. The molecule has 2 aromatic rings. The van der Waals surface area contributed by atoms with E-state index in [0.29, 0.717) is 35.3 Å². The molecule has 2 rings (SSSR count). The Morgan fingerprint density at radius 1 is 1.21 bits per heavy atom. The van der Waals surface area contributed by atoms with Gasteiger partial charge >= 0.3 is 5.97 Å². The van der Waals surface area contributed by atoms with Crippen molar-refractivity contribution in [1.29, 1.82) is 0 Å². The molecule has 0 fully saturated rings. The van der Waals surface area contributed by atoms with Gasteiger partial charge in [0, 0.05) is 24.5 Å². The van der Waals surface area contributed by atoms with Gasteiger partial charge in [-0.2, -0.15) is 0 Å². The van der Waals surface area contributed by atoms with E-state index < -0.39 is 0 Å². The Kier molecular flexibility index (Phi) is 7.96. The van der Waals surface area contributed by atoms with Crippen molar-refractivity contribution in [3.8, 4) is 5.75 Å². The average molecular weight is 406 g/mol. The summed E-state index contributed by atoms with van der Waals surface area (Å²) in [4.78, 5) is 12.3. The molecular weight excluding hydrogens is 378 g/mol. The van der Waals surface area contributed by atoms with E-state index in [0.717, 1.165) is 16.7 Å². The highest BCUT2D eigenvalue weighted by molar-refractivity contribution is 6.31. The predicted octanol–water partition coefficient (Wildman–Crippen LogP) is 3.78. The van der Waals surface area contributed by atoms with Gasteiger partial charge in [-0.05, 0) is 48.9 Å². The van der Waals surface area contributed by atoms with Gasteiger partial charge in [0.25, 0.3) is 0 Å². The summed E-state index contributed by atoms with van der Waals surface area (Å²) >= 11 is 6.31. The number of nitrogens with two attached hydrogens (primary N) is 1. The summed E-state index contributed by atoms with van der Waals surface area (Å²) in [5.74, 6) is 0.109. The smallest absolute Gasteiger partial charge is 0.306 e. The molecular formula is C21H28ClN3O3. The van der Waals surface area contributed by atoms with Gasteiger partial charge in [-0.3, -0.25) is 4.79 Å². The van der Waals surface area contributed by atoms with Gasteiger partial charge < -0.3 is 25.8 Å². The van der Waals surface area contributed by atoms with Crippen molar-refractivity contribution < 1.29 is 14.3 Å². The molecule has 0 spiro atoms. The summed E-state index contributed by atoms with van der Waals surface area (Å²) in [6.07, 6.45) is 0.190. The van der Waals surface area contributed by atoms with Crippen LogP contribution in [-0.2, 0) is 16.1 Å². The first-order valence-electron chi connectivity index (χ1n) is 9.18. The number of nitrogens with one attached hydrogen (secondary N) is 2. The van der Waals surface area contributed by atoms with Crippen molar-refractivity contribution in [2.75, 3.05) is 38.9 Å². The first kappa shape index (κ1) is 21.9. The minimum Gasteiger partial charge on any atom is -0.494 e. The molecule has 152 valence electrons. The molecule has 0 amide bonds. The lowest BCUT2D eigenvalue weighted by Gasteiger charge is -2.21. The number of esters is 1. The third kappa shape index (κ3) is 5.09. The van der Waals surface area contributed by atoms with Crippen LogP contribution in [0.2, 0.25) is 5.02 Å². The number of hydrogen-bond acceptors (Lipinski definition) is 6. The topological polar surface area (TPSA) is 85.6 Å². The Balaban J connectivity index is 2.56. The molecule has 2 aromatic carbocycles. The summed E-state index contributed by atoms with van der Waals surface area (Å²) in [6.45, 7) is 2.76. The van der Waals surface area contributed by atoms with E-state index in [9.17, 15) is 4.79 Å². The number of rotatable bonds is 9. The molecule has 4 N–H and O–H groups in total. The van der Waals surface area contributed by atoms with Crippen molar-refractivity contribution in [3.05, 3.63) is 52.0 Å². The number of anilines is 2. The van der Waals surface area contributed by atoms with Crippen LogP contribution in [-0.4, -0.2) is 33.8 Å². The number of ether oxygens (including phenoxy) is 2. The normalized spacial score (nSPS) is 11.8. The SMILES string of the molecule is CCOC(=O)CC(c1ccc(Cl)c(CNC)c1)c1cc(N)c(NC)c(OC)c1. The predicted molar refractivity (Wildman–Crippen MR) is 114 cm³/mol. The van der Waals surface area contributed by atoms with Crippen LogP contribution in [0.4, 0.5) is 11.4 Å². The highest BCUT2D eigenvalue weighted by Gasteiger charge is 2.22. The zero-order valence-electron chi connectivity index (χ0n) is 16.8. The van der Waals surface area contributed by atoms with Crippen LogP contribution in [0.5, 0.6) is 5.75 Å². The zero-order chi connectivity index (χ0) is 20.7. The summed E-state index contributed by atoms with van der Waals surface area (Å²) in [5.41, 5.74) is 10.3. The standard InChI is InChI=1S/C21H28ClN3O3/c1-5-28-20(26)11-16(13-6-7-17(22)15(8-13)12-24-2)14-9-18(23)21(25-3)19(10-14)27-4/h6-10,16,24-25H,5,11-12,23H2,1-4H3. The van der Waals surface area contributed by atoms with Crippen LogP contribution >= 0.6 is 11.6 Å². The molecule has 6 nitrogen and oxygen atoms in total. The molecule has 0 saturated carbocycles. The fraction of sp³-hybridized carbons (Fsp3) is 0.381. The van der Waals surface area contributed by atoms with Gasteiger partial charge in [0.05, 0.1) is 31.5 Å². The number of methoxy groups -OCH3 is 1. The fourth-order valence-electron chi connectivity index (χ4n) is 3.24. The molecule has 1 unspecified atom stereocenters. The van der Waals surface area contributed by atoms with Crippen LogP contribution < -0.4 is 21.1 Å². The molecule has 0 saturated heterocycles. The molecule has 1 atom stereocenters. The van der Waals surface area contributed by atoms with Gasteiger partial charge in [0.2, 0.25) is 0 Å². The van der Waals surface area contributed by atoms with Crippen LogP contribution in [0.15, 0.2) is 30.3 Å². The summed E-state index contributed by atoms with van der Waals surface area (Å²) in [7, 11) is 5.24. The quantitative estimate of drug-likeness (QED) is 0.435. The second kappa shape index (κ2) is 10.2. The van der Waals surface area contributed by atoms with Crippen molar-refractivity contribution in [1.82, 2.24) is 5.32 Å². The highest BCUT2D eigenvalue weighted by Crippen LogP contribution is 2.38. The second-order valence-corrected chi connectivity index (χ2v) is 6.79. The molecule has 0 radical (unpaired) electrons. The molecule has 28 heavy (non-hydrogen) atoms.